The Hall–Kier alpha value is -0.380. The van der Waals surface area contributed by atoms with Gasteiger partial charge in [0.15, 0.2) is 0 Å². The van der Waals surface area contributed by atoms with Crippen LogP contribution in [0.1, 0.15) is 12.5 Å². The summed E-state index contributed by atoms with van der Waals surface area (Å²) in [6, 6.07) is 7.22. The molecule has 0 aliphatic carbocycles. The van der Waals surface area contributed by atoms with E-state index in [1.165, 1.54) is 0 Å². The molecule has 66 valence electrons. The van der Waals surface area contributed by atoms with Gasteiger partial charge in [-0.3, -0.25) is 0 Å². The molecule has 1 aromatic rings. The molecule has 0 aliphatic rings. The number of halogens is 1. The molecule has 0 heterocycles. The Bertz CT molecular complexity index is 254. The maximum absolute atomic E-state index is 9.62. The molecule has 1 rings (SSSR count). The van der Waals surface area contributed by atoms with Crippen LogP contribution < -0.4 is 0 Å². The number of hydrogen-bond acceptors (Lipinski definition) is 2. The van der Waals surface area contributed by atoms with Gasteiger partial charge in [-0.2, -0.15) is 0 Å². The summed E-state index contributed by atoms with van der Waals surface area (Å²) in [4.78, 5) is 0. The lowest BCUT2D eigenvalue weighted by Crippen LogP contribution is -2.25. The highest BCUT2D eigenvalue weighted by Gasteiger charge is 2.20. The van der Waals surface area contributed by atoms with Crippen LogP contribution in [0.2, 0.25) is 0 Å². The summed E-state index contributed by atoms with van der Waals surface area (Å²) >= 11 is 3.29. The zero-order valence-corrected chi connectivity index (χ0v) is 8.37. The van der Waals surface area contributed by atoms with Crippen LogP contribution in [0.5, 0.6) is 0 Å². The first-order valence-corrected chi connectivity index (χ1v) is 4.45. The van der Waals surface area contributed by atoms with Gasteiger partial charge in [-0.1, -0.05) is 28.1 Å². The van der Waals surface area contributed by atoms with Gasteiger partial charge in [0.05, 0.1) is 6.61 Å². The molecule has 1 atom stereocenters. The van der Waals surface area contributed by atoms with Gasteiger partial charge < -0.3 is 10.2 Å². The first-order chi connectivity index (χ1) is 5.56. The second-order valence-corrected chi connectivity index (χ2v) is 3.85. The highest BCUT2D eigenvalue weighted by atomic mass is 79.9. The van der Waals surface area contributed by atoms with Crippen LogP contribution >= 0.6 is 15.9 Å². The fourth-order valence-electron chi connectivity index (χ4n) is 0.900. The fraction of sp³-hybridized carbons (Fsp3) is 0.333. The predicted molar refractivity (Wildman–Crippen MR) is 50.8 cm³/mol. The molecular weight excluding hydrogens is 220 g/mol. The molecule has 0 aromatic heterocycles. The molecule has 0 saturated heterocycles. The summed E-state index contributed by atoms with van der Waals surface area (Å²) in [6.45, 7) is 1.31. The molecular formula is C9H11BrO2. The third-order valence-corrected chi connectivity index (χ3v) is 2.30. The molecule has 0 radical (unpaired) electrons. The highest BCUT2D eigenvalue weighted by Crippen LogP contribution is 2.21. The van der Waals surface area contributed by atoms with Gasteiger partial charge in [-0.25, -0.2) is 0 Å². The van der Waals surface area contributed by atoms with Crippen LogP contribution in [0.15, 0.2) is 28.7 Å². The Kier molecular flexibility index (Phi) is 2.88. The van der Waals surface area contributed by atoms with Crippen molar-refractivity contribution >= 4 is 15.9 Å². The molecule has 0 unspecified atom stereocenters. The molecule has 1 aromatic carbocycles. The van der Waals surface area contributed by atoms with Gasteiger partial charge in [-0.15, -0.1) is 0 Å². The molecule has 3 heteroatoms. The third-order valence-electron chi connectivity index (χ3n) is 1.77. The summed E-state index contributed by atoms with van der Waals surface area (Å²) in [7, 11) is 0. The van der Waals surface area contributed by atoms with E-state index in [1.807, 2.05) is 12.1 Å². The van der Waals surface area contributed by atoms with Crippen LogP contribution in [0.25, 0.3) is 0 Å². The van der Waals surface area contributed by atoms with Crippen molar-refractivity contribution < 1.29 is 10.2 Å². The first kappa shape index (κ1) is 9.71. The molecule has 0 spiro atoms. The van der Waals surface area contributed by atoms with Crippen molar-refractivity contribution in [2.24, 2.45) is 0 Å². The summed E-state index contributed by atoms with van der Waals surface area (Å²) in [6.07, 6.45) is 0. The summed E-state index contributed by atoms with van der Waals surface area (Å²) in [5.74, 6) is 0. The normalized spacial score (nSPS) is 15.7. The lowest BCUT2D eigenvalue weighted by Gasteiger charge is -2.20. The molecule has 0 aliphatic heterocycles. The van der Waals surface area contributed by atoms with E-state index in [-0.39, 0.29) is 6.61 Å². The monoisotopic (exact) mass is 230 g/mol. The van der Waals surface area contributed by atoms with Crippen molar-refractivity contribution in [2.45, 2.75) is 12.5 Å². The van der Waals surface area contributed by atoms with Gasteiger partial charge in [0.2, 0.25) is 0 Å². The quantitative estimate of drug-likeness (QED) is 0.812. The van der Waals surface area contributed by atoms with E-state index in [1.54, 1.807) is 19.1 Å². The van der Waals surface area contributed by atoms with Gasteiger partial charge >= 0.3 is 0 Å². The van der Waals surface area contributed by atoms with Crippen LogP contribution in [-0.2, 0) is 5.60 Å². The summed E-state index contributed by atoms with van der Waals surface area (Å²) in [5, 5.41) is 18.5. The molecule has 2 nitrogen and oxygen atoms in total. The first-order valence-electron chi connectivity index (χ1n) is 3.65. The lowest BCUT2D eigenvalue weighted by atomic mass is 9.97. The zero-order valence-electron chi connectivity index (χ0n) is 6.79. The molecule has 0 bridgehead atoms. The van der Waals surface area contributed by atoms with Gasteiger partial charge in [0.1, 0.15) is 5.60 Å². The molecule has 0 saturated carbocycles. The second-order valence-electron chi connectivity index (χ2n) is 2.94. The Morgan fingerprint density at radius 1 is 1.33 bits per heavy atom. The predicted octanol–water partition coefficient (Wildman–Crippen LogP) is 1.65. The maximum Gasteiger partial charge on any atom is 0.110 e. The number of aliphatic hydroxyl groups is 2. The lowest BCUT2D eigenvalue weighted by molar-refractivity contribution is -0.00229. The van der Waals surface area contributed by atoms with Crippen molar-refractivity contribution in [1.82, 2.24) is 0 Å². The van der Waals surface area contributed by atoms with E-state index in [9.17, 15) is 5.11 Å². The Morgan fingerprint density at radius 2 is 1.83 bits per heavy atom. The van der Waals surface area contributed by atoms with Crippen molar-refractivity contribution in [3.63, 3.8) is 0 Å². The Labute approximate surface area is 80.0 Å². The second kappa shape index (κ2) is 3.56. The van der Waals surface area contributed by atoms with E-state index in [0.29, 0.717) is 5.56 Å². The van der Waals surface area contributed by atoms with Crippen LogP contribution in [0.3, 0.4) is 0 Å². The van der Waals surface area contributed by atoms with Crippen molar-refractivity contribution in [2.75, 3.05) is 6.61 Å². The molecule has 0 fully saturated rings. The standard InChI is InChI=1S/C9H11BrO2/c1-9(12,6-11)7-2-4-8(10)5-3-7/h2-5,11-12H,6H2,1H3/t9-/m1/s1. The van der Waals surface area contributed by atoms with E-state index < -0.39 is 5.60 Å². The van der Waals surface area contributed by atoms with E-state index in [2.05, 4.69) is 15.9 Å². The van der Waals surface area contributed by atoms with Crippen LogP contribution in [0.4, 0.5) is 0 Å². The van der Waals surface area contributed by atoms with Crippen molar-refractivity contribution in [1.29, 1.82) is 0 Å². The highest BCUT2D eigenvalue weighted by molar-refractivity contribution is 9.10. The smallest absolute Gasteiger partial charge is 0.110 e. The van der Waals surface area contributed by atoms with E-state index in [0.717, 1.165) is 4.47 Å². The molecule has 2 N–H and O–H groups in total. The average Bonchev–Trinajstić information content (AvgIpc) is 2.05. The van der Waals surface area contributed by atoms with Gasteiger partial charge in [-0.05, 0) is 24.6 Å². The number of benzene rings is 1. The minimum absolute atomic E-state index is 0.269. The minimum Gasteiger partial charge on any atom is -0.393 e. The van der Waals surface area contributed by atoms with E-state index >= 15 is 0 Å². The van der Waals surface area contributed by atoms with Gasteiger partial charge in [0.25, 0.3) is 0 Å². The minimum atomic E-state index is -1.14. The average molecular weight is 231 g/mol. The van der Waals surface area contributed by atoms with Crippen molar-refractivity contribution in [3.8, 4) is 0 Å². The number of hydrogen-bond donors (Lipinski definition) is 2. The topological polar surface area (TPSA) is 40.5 Å². The SMILES string of the molecule is C[C@@](O)(CO)c1ccc(Br)cc1. The summed E-state index contributed by atoms with van der Waals surface area (Å²) < 4.78 is 0.958. The molecule has 12 heavy (non-hydrogen) atoms. The van der Waals surface area contributed by atoms with Gasteiger partial charge in [0, 0.05) is 4.47 Å². The van der Waals surface area contributed by atoms with Crippen LogP contribution in [0, 0.1) is 0 Å². The molecule has 0 amide bonds. The Balaban J connectivity index is 2.96. The zero-order chi connectivity index (χ0) is 9.19. The fourth-order valence-corrected chi connectivity index (χ4v) is 1.16. The third kappa shape index (κ3) is 2.06. The Morgan fingerprint density at radius 3 is 2.25 bits per heavy atom. The summed E-state index contributed by atoms with van der Waals surface area (Å²) in [5.41, 5.74) is -0.422. The number of rotatable bonds is 2. The number of aliphatic hydroxyl groups excluding tert-OH is 1. The largest absolute Gasteiger partial charge is 0.393 e. The maximum atomic E-state index is 9.62. The van der Waals surface area contributed by atoms with E-state index in [4.69, 9.17) is 5.11 Å². The van der Waals surface area contributed by atoms with Crippen molar-refractivity contribution in [3.05, 3.63) is 34.3 Å². The van der Waals surface area contributed by atoms with Crippen LogP contribution in [-0.4, -0.2) is 16.8 Å².